The third kappa shape index (κ3) is 12.7. The van der Waals surface area contributed by atoms with Gasteiger partial charge in [-0.1, -0.05) is 40.5 Å². The molecule has 0 aromatic heterocycles. The second-order valence-corrected chi connectivity index (χ2v) is 6.36. The molecule has 2 unspecified atom stereocenters. The summed E-state index contributed by atoms with van der Waals surface area (Å²) in [6.07, 6.45) is 6.51. The second kappa shape index (κ2) is 13.6. The van der Waals surface area contributed by atoms with Gasteiger partial charge in [0.05, 0.1) is 13.2 Å². The molecule has 0 aromatic carbocycles. The van der Waals surface area contributed by atoms with Crippen molar-refractivity contribution in [1.82, 2.24) is 0 Å². The van der Waals surface area contributed by atoms with Gasteiger partial charge in [0, 0.05) is 12.8 Å². The first kappa shape index (κ1) is 20.9. The van der Waals surface area contributed by atoms with Crippen molar-refractivity contribution in [2.75, 3.05) is 13.2 Å². The molecule has 4 nitrogen and oxygen atoms in total. The molecule has 0 rings (SSSR count). The molecule has 0 saturated carbocycles. The van der Waals surface area contributed by atoms with Gasteiger partial charge in [-0.2, -0.15) is 0 Å². The van der Waals surface area contributed by atoms with Crippen LogP contribution >= 0.6 is 0 Å². The molecule has 4 heteroatoms. The third-order valence-electron chi connectivity index (χ3n) is 3.63. The Hall–Kier alpha value is -1.06. The van der Waals surface area contributed by atoms with Crippen molar-refractivity contribution in [2.24, 2.45) is 11.8 Å². The number of rotatable bonds is 13. The zero-order valence-corrected chi connectivity index (χ0v) is 14.9. The SMILES string of the molecule is CCCC(C)COC(=O)CCCCC(=O)OCC(C)CCC. The van der Waals surface area contributed by atoms with Crippen molar-refractivity contribution in [3.05, 3.63) is 0 Å². The molecule has 0 heterocycles. The molecule has 0 aliphatic rings. The van der Waals surface area contributed by atoms with Crippen LogP contribution < -0.4 is 0 Å². The van der Waals surface area contributed by atoms with Gasteiger partial charge < -0.3 is 9.47 Å². The minimum Gasteiger partial charge on any atom is -0.465 e. The molecule has 0 N–H and O–H groups in total. The van der Waals surface area contributed by atoms with Gasteiger partial charge >= 0.3 is 11.9 Å². The van der Waals surface area contributed by atoms with Crippen LogP contribution in [-0.4, -0.2) is 25.2 Å². The molecule has 0 saturated heterocycles. The standard InChI is InChI=1S/C18H34O4/c1-5-9-15(3)13-21-17(19)11-7-8-12-18(20)22-14-16(4)10-6-2/h15-16H,5-14H2,1-4H3. The summed E-state index contributed by atoms with van der Waals surface area (Å²) in [6, 6.07) is 0. The lowest BCUT2D eigenvalue weighted by atomic mass is 10.1. The molecule has 0 spiro atoms. The van der Waals surface area contributed by atoms with Gasteiger partial charge in [0.15, 0.2) is 0 Å². The van der Waals surface area contributed by atoms with Gasteiger partial charge in [-0.25, -0.2) is 0 Å². The van der Waals surface area contributed by atoms with E-state index < -0.39 is 0 Å². The molecule has 0 aliphatic heterocycles. The Balaban J connectivity index is 3.54. The van der Waals surface area contributed by atoms with E-state index in [2.05, 4.69) is 27.7 Å². The van der Waals surface area contributed by atoms with Crippen molar-refractivity contribution in [3.8, 4) is 0 Å². The van der Waals surface area contributed by atoms with Crippen molar-refractivity contribution >= 4 is 11.9 Å². The van der Waals surface area contributed by atoms with E-state index in [0.717, 1.165) is 25.7 Å². The Labute approximate surface area is 135 Å². The monoisotopic (exact) mass is 314 g/mol. The Morgan fingerprint density at radius 3 is 1.45 bits per heavy atom. The van der Waals surface area contributed by atoms with Crippen LogP contribution in [0.3, 0.4) is 0 Å². The van der Waals surface area contributed by atoms with Gasteiger partial charge in [0.1, 0.15) is 0 Å². The second-order valence-electron chi connectivity index (χ2n) is 6.36. The molecule has 0 aromatic rings. The van der Waals surface area contributed by atoms with E-state index in [1.165, 1.54) is 0 Å². The van der Waals surface area contributed by atoms with Gasteiger partial charge in [0.2, 0.25) is 0 Å². The fourth-order valence-electron chi connectivity index (χ4n) is 2.31. The molecular formula is C18H34O4. The number of ether oxygens (including phenoxy) is 2. The molecule has 0 radical (unpaired) electrons. The fraction of sp³-hybridized carbons (Fsp3) is 0.889. The maximum atomic E-state index is 11.5. The summed E-state index contributed by atoms with van der Waals surface area (Å²) in [4.78, 5) is 23.1. The molecule has 130 valence electrons. The summed E-state index contributed by atoms with van der Waals surface area (Å²) < 4.78 is 10.4. The predicted octanol–water partition coefficient (Wildman–Crippen LogP) is 4.51. The van der Waals surface area contributed by atoms with Crippen LogP contribution in [0.4, 0.5) is 0 Å². The van der Waals surface area contributed by atoms with Crippen molar-refractivity contribution in [2.45, 2.75) is 79.1 Å². The van der Waals surface area contributed by atoms with Crippen LogP contribution in [0.5, 0.6) is 0 Å². The summed E-state index contributed by atoms with van der Waals surface area (Å²) in [5, 5.41) is 0. The molecule has 0 bridgehead atoms. The maximum absolute atomic E-state index is 11.5. The van der Waals surface area contributed by atoms with E-state index >= 15 is 0 Å². The lowest BCUT2D eigenvalue weighted by Crippen LogP contribution is -2.13. The number of carbonyl (C=O) groups excluding carboxylic acids is 2. The highest BCUT2D eigenvalue weighted by atomic mass is 16.5. The first-order valence-electron chi connectivity index (χ1n) is 8.80. The highest BCUT2D eigenvalue weighted by Crippen LogP contribution is 2.09. The lowest BCUT2D eigenvalue weighted by molar-refractivity contribution is -0.147. The van der Waals surface area contributed by atoms with Crippen LogP contribution in [0.15, 0.2) is 0 Å². The minimum atomic E-state index is -0.159. The highest BCUT2D eigenvalue weighted by molar-refractivity contribution is 5.70. The Morgan fingerprint density at radius 2 is 1.14 bits per heavy atom. The van der Waals surface area contributed by atoms with Crippen molar-refractivity contribution in [1.29, 1.82) is 0 Å². The smallest absolute Gasteiger partial charge is 0.305 e. The predicted molar refractivity (Wildman–Crippen MR) is 88.5 cm³/mol. The largest absolute Gasteiger partial charge is 0.465 e. The first-order chi connectivity index (χ1) is 10.5. The maximum Gasteiger partial charge on any atom is 0.305 e. The Morgan fingerprint density at radius 1 is 0.773 bits per heavy atom. The number of hydrogen-bond acceptors (Lipinski definition) is 4. The zero-order chi connectivity index (χ0) is 16.8. The van der Waals surface area contributed by atoms with Gasteiger partial charge in [-0.15, -0.1) is 0 Å². The van der Waals surface area contributed by atoms with E-state index in [0.29, 0.717) is 50.7 Å². The van der Waals surface area contributed by atoms with E-state index in [1.807, 2.05) is 0 Å². The van der Waals surface area contributed by atoms with Crippen LogP contribution in [-0.2, 0) is 19.1 Å². The summed E-state index contributed by atoms with van der Waals surface area (Å²) in [7, 11) is 0. The molecule has 0 amide bonds. The van der Waals surface area contributed by atoms with E-state index in [-0.39, 0.29) is 11.9 Å². The number of hydrogen-bond donors (Lipinski definition) is 0. The summed E-state index contributed by atoms with van der Waals surface area (Å²) >= 11 is 0. The number of esters is 2. The van der Waals surface area contributed by atoms with E-state index in [9.17, 15) is 9.59 Å². The van der Waals surface area contributed by atoms with Gasteiger partial charge in [-0.05, 0) is 37.5 Å². The highest BCUT2D eigenvalue weighted by Gasteiger charge is 2.09. The van der Waals surface area contributed by atoms with E-state index in [4.69, 9.17) is 9.47 Å². The average Bonchev–Trinajstić information content (AvgIpc) is 2.48. The first-order valence-corrected chi connectivity index (χ1v) is 8.80. The molecule has 0 aliphatic carbocycles. The topological polar surface area (TPSA) is 52.6 Å². The summed E-state index contributed by atoms with van der Waals surface area (Å²) in [5.74, 6) is 0.531. The number of carbonyl (C=O) groups is 2. The van der Waals surface area contributed by atoms with Gasteiger partial charge in [-0.3, -0.25) is 9.59 Å². The minimum absolute atomic E-state index is 0.159. The summed E-state index contributed by atoms with van der Waals surface area (Å²) in [6.45, 7) is 9.44. The fourth-order valence-corrected chi connectivity index (χ4v) is 2.31. The quantitative estimate of drug-likeness (QED) is 0.371. The van der Waals surface area contributed by atoms with Crippen molar-refractivity contribution in [3.63, 3.8) is 0 Å². The normalized spacial score (nSPS) is 13.5. The third-order valence-corrected chi connectivity index (χ3v) is 3.63. The molecule has 22 heavy (non-hydrogen) atoms. The molecule has 2 atom stereocenters. The van der Waals surface area contributed by atoms with Gasteiger partial charge in [0.25, 0.3) is 0 Å². The lowest BCUT2D eigenvalue weighted by Gasteiger charge is -2.11. The molecule has 0 fully saturated rings. The van der Waals surface area contributed by atoms with Crippen molar-refractivity contribution < 1.29 is 19.1 Å². The summed E-state index contributed by atoms with van der Waals surface area (Å²) in [5.41, 5.74) is 0. The molecular weight excluding hydrogens is 280 g/mol. The Bertz CT molecular complexity index is 271. The zero-order valence-electron chi connectivity index (χ0n) is 14.9. The van der Waals surface area contributed by atoms with Crippen LogP contribution in [0, 0.1) is 11.8 Å². The average molecular weight is 314 g/mol. The Kier molecular flexibility index (Phi) is 12.9. The number of unbranched alkanes of at least 4 members (excludes halogenated alkanes) is 1. The van der Waals surface area contributed by atoms with Crippen LogP contribution in [0.25, 0.3) is 0 Å². The van der Waals surface area contributed by atoms with E-state index in [1.54, 1.807) is 0 Å². The van der Waals surface area contributed by atoms with Crippen LogP contribution in [0.2, 0.25) is 0 Å². The van der Waals surface area contributed by atoms with Crippen LogP contribution in [0.1, 0.15) is 79.1 Å².